The van der Waals surface area contributed by atoms with E-state index in [1.165, 1.54) is 35.4 Å². The molecule has 0 aliphatic carbocycles. The second kappa shape index (κ2) is 6.53. The third-order valence-electron chi connectivity index (χ3n) is 3.12. The van der Waals surface area contributed by atoms with Crippen LogP contribution in [-0.4, -0.2) is 26.8 Å². The number of carbonyl (C=O) groups excluding carboxylic acids is 1. The van der Waals surface area contributed by atoms with Gasteiger partial charge in [0.05, 0.1) is 30.0 Å². The van der Waals surface area contributed by atoms with E-state index in [2.05, 4.69) is 10.1 Å². The van der Waals surface area contributed by atoms with Gasteiger partial charge in [-0.2, -0.15) is 4.98 Å². The fourth-order valence-corrected chi connectivity index (χ4v) is 2.02. The number of furan rings is 1. The molecule has 3 aromatic heterocycles. The van der Waals surface area contributed by atoms with Crippen molar-refractivity contribution < 1.29 is 18.5 Å². The van der Waals surface area contributed by atoms with Gasteiger partial charge in [-0.25, -0.2) is 4.79 Å². The third-order valence-corrected chi connectivity index (χ3v) is 3.12. The van der Waals surface area contributed by atoms with E-state index in [1.54, 1.807) is 19.9 Å². The number of ether oxygens (including phenoxy) is 1. The van der Waals surface area contributed by atoms with Crippen LogP contribution in [0.5, 0.6) is 0 Å². The zero-order chi connectivity index (χ0) is 17.1. The van der Waals surface area contributed by atoms with Crippen molar-refractivity contribution in [2.75, 3.05) is 0 Å². The Kier molecular flexibility index (Phi) is 4.28. The van der Waals surface area contributed by atoms with E-state index in [1.807, 2.05) is 0 Å². The fraction of sp³-hybridized carbons (Fsp3) is 0.250. The summed E-state index contributed by atoms with van der Waals surface area (Å²) in [6.07, 6.45) is 4.23. The highest BCUT2D eigenvalue weighted by molar-refractivity contribution is 5.89. The minimum Gasteiger partial charge on any atom is -0.472 e. The van der Waals surface area contributed by atoms with Gasteiger partial charge < -0.3 is 18.2 Å². The maximum Gasteiger partial charge on any atom is 0.338 e. The molecule has 0 spiro atoms. The van der Waals surface area contributed by atoms with Crippen LogP contribution in [0.4, 0.5) is 0 Å². The van der Waals surface area contributed by atoms with Crippen LogP contribution in [0.15, 0.2) is 50.7 Å². The van der Waals surface area contributed by atoms with Crippen LogP contribution < -0.4 is 5.56 Å². The Hall–Kier alpha value is -3.16. The van der Waals surface area contributed by atoms with Gasteiger partial charge in [-0.05, 0) is 26.0 Å². The molecular formula is C16H15N3O5. The molecule has 0 amide bonds. The summed E-state index contributed by atoms with van der Waals surface area (Å²) in [6, 6.07) is 4.43. The van der Waals surface area contributed by atoms with Gasteiger partial charge in [0.1, 0.15) is 6.26 Å². The lowest BCUT2D eigenvalue weighted by atomic mass is 10.2. The molecule has 3 heterocycles. The van der Waals surface area contributed by atoms with E-state index >= 15 is 0 Å². The van der Waals surface area contributed by atoms with E-state index in [4.69, 9.17) is 13.7 Å². The molecule has 0 atom stereocenters. The van der Waals surface area contributed by atoms with Gasteiger partial charge in [0.2, 0.25) is 0 Å². The first kappa shape index (κ1) is 15.7. The number of pyridine rings is 1. The zero-order valence-corrected chi connectivity index (χ0v) is 13.1. The summed E-state index contributed by atoms with van der Waals surface area (Å²) < 4.78 is 16.5. The molecule has 3 aromatic rings. The third kappa shape index (κ3) is 3.43. The summed E-state index contributed by atoms with van der Waals surface area (Å²) in [5, 5.41) is 3.83. The maximum atomic E-state index is 12.1. The lowest BCUT2D eigenvalue weighted by molar-refractivity contribution is 0.0377. The second-order valence-electron chi connectivity index (χ2n) is 5.36. The van der Waals surface area contributed by atoms with E-state index < -0.39 is 5.97 Å². The van der Waals surface area contributed by atoms with Gasteiger partial charge in [-0.15, -0.1) is 0 Å². The molecule has 0 N–H and O–H groups in total. The smallest absolute Gasteiger partial charge is 0.338 e. The van der Waals surface area contributed by atoms with Crippen molar-refractivity contribution in [1.29, 1.82) is 0 Å². The van der Waals surface area contributed by atoms with Crippen LogP contribution in [0.25, 0.3) is 11.5 Å². The number of aromatic nitrogens is 3. The lowest BCUT2D eigenvalue weighted by Gasteiger charge is -2.08. The van der Waals surface area contributed by atoms with Gasteiger partial charge in [0.25, 0.3) is 11.4 Å². The van der Waals surface area contributed by atoms with Crippen molar-refractivity contribution in [2.45, 2.75) is 26.5 Å². The van der Waals surface area contributed by atoms with E-state index in [9.17, 15) is 9.59 Å². The second-order valence-corrected chi connectivity index (χ2v) is 5.36. The number of hydrogen-bond donors (Lipinski definition) is 0. The topological polar surface area (TPSA) is 100 Å². The Bertz CT molecular complexity index is 893. The summed E-state index contributed by atoms with van der Waals surface area (Å²) in [5.74, 6) is 0.116. The quantitative estimate of drug-likeness (QED) is 0.661. The highest BCUT2D eigenvalue weighted by atomic mass is 16.5. The molecule has 0 radical (unpaired) electrons. The van der Waals surface area contributed by atoms with Crippen LogP contribution in [0.3, 0.4) is 0 Å². The van der Waals surface area contributed by atoms with Gasteiger partial charge in [-0.1, -0.05) is 5.16 Å². The lowest BCUT2D eigenvalue weighted by Crippen LogP contribution is -2.22. The average Bonchev–Trinajstić information content (AvgIpc) is 3.19. The van der Waals surface area contributed by atoms with Crippen LogP contribution in [-0.2, 0) is 11.3 Å². The number of nitrogens with zero attached hydrogens (tertiary/aromatic N) is 3. The largest absolute Gasteiger partial charge is 0.472 e. The van der Waals surface area contributed by atoms with Crippen molar-refractivity contribution >= 4 is 5.97 Å². The molecule has 0 saturated heterocycles. The Morgan fingerprint density at radius 3 is 2.88 bits per heavy atom. The number of rotatable bonds is 5. The molecule has 124 valence electrons. The van der Waals surface area contributed by atoms with Crippen molar-refractivity contribution in [3.63, 3.8) is 0 Å². The molecule has 0 unspecified atom stereocenters. The summed E-state index contributed by atoms with van der Waals surface area (Å²) in [6.45, 7) is 3.61. The van der Waals surface area contributed by atoms with Crippen molar-refractivity contribution in [1.82, 2.24) is 14.7 Å². The molecule has 0 aliphatic heterocycles. The minimum atomic E-state index is -0.531. The Morgan fingerprint density at radius 1 is 1.38 bits per heavy atom. The van der Waals surface area contributed by atoms with Crippen LogP contribution in [0, 0.1) is 0 Å². The Balaban J connectivity index is 1.76. The Morgan fingerprint density at radius 2 is 2.21 bits per heavy atom. The monoisotopic (exact) mass is 329 g/mol. The first-order valence-electron chi connectivity index (χ1n) is 7.29. The van der Waals surface area contributed by atoms with E-state index in [0.29, 0.717) is 17.3 Å². The Labute approximate surface area is 136 Å². The van der Waals surface area contributed by atoms with Crippen molar-refractivity contribution in [3.05, 3.63) is 58.7 Å². The van der Waals surface area contributed by atoms with Crippen LogP contribution in [0.1, 0.15) is 30.0 Å². The summed E-state index contributed by atoms with van der Waals surface area (Å²) in [4.78, 5) is 28.1. The predicted molar refractivity (Wildman–Crippen MR) is 82.4 cm³/mol. The molecule has 24 heavy (non-hydrogen) atoms. The first-order chi connectivity index (χ1) is 11.5. The number of esters is 1. The molecule has 3 rings (SSSR count). The predicted octanol–water partition coefficient (Wildman–Crippen LogP) is 2.10. The number of hydrogen-bond acceptors (Lipinski definition) is 7. The molecule has 0 bridgehead atoms. The van der Waals surface area contributed by atoms with Crippen LogP contribution >= 0.6 is 0 Å². The fourth-order valence-electron chi connectivity index (χ4n) is 2.02. The highest BCUT2D eigenvalue weighted by Crippen LogP contribution is 2.17. The summed E-state index contributed by atoms with van der Waals surface area (Å²) in [7, 11) is 0. The van der Waals surface area contributed by atoms with Crippen molar-refractivity contribution in [3.8, 4) is 11.5 Å². The number of carbonyl (C=O) groups is 1. The van der Waals surface area contributed by atoms with Crippen LogP contribution in [0.2, 0.25) is 0 Å². The van der Waals surface area contributed by atoms with E-state index in [0.717, 1.165) is 0 Å². The average molecular weight is 329 g/mol. The molecule has 0 fully saturated rings. The SMILES string of the molecule is CC(C)OC(=O)c1ccn(Cc2noc(-c3ccoc3)n2)c(=O)c1. The van der Waals surface area contributed by atoms with Gasteiger partial charge >= 0.3 is 5.97 Å². The minimum absolute atomic E-state index is 0.125. The molecule has 8 heteroatoms. The summed E-state index contributed by atoms with van der Waals surface area (Å²) in [5.41, 5.74) is 0.507. The zero-order valence-electron chi connectivity index (χ0n) is 13.1. The first-order valence-corrected chi connectivity index (χ1v) is 7.29. The molecule has 0 aromatic carbocycles. The molecular weight excluding hydrogens is 314 g/mol. The highest BCUT2D eigenvalue weighted by Gasteiger charge is 2.13. The standard InChI is InChI=1S/C16H15N3O5/c1-10(2)23-16(21)11-3-5-19(14(20)7-11)8-13-17-15(24-18-13)12-4-6-22-9-12/h3-7,9-10H,8H2,1-2H3. The normalized spacial score (nSPS) is 11.0. The van der Waals surface area contributed by atoms with Gasteiger partial charge in [0, 0.05) is 12.3 Å². The van der Waals surface area contributed by atoms with Gasteiger partial charge in [-0.3, -0.25) is 4.79 Å². The summed E-state index contributed by atoms with van der Waals surface area (Å²) >= 11 is 0. The molecule has 0 aliphatic rings. The van der Waals surface area contributed by atoms with Gasteiger partial charge in [0.15, 0.2) is 5.82 Å². The maximum absolute atomic E-state index is 12.1. The molecule has 8 nitrogen and oxygen atoms in total. The van der Waals surface area contributed by atoms with E-state index in [-0.39, 0.29) is 23.8 Å². The van der Waals surface area contributed by atoms with Crippen molar-refractivity contribution in [2.24, 2.45) is 0 Å². The molecule has 0 saturated carbocycles.